The Kier molecular flexibility index (Phi) is 7.50. The Morgan fingerprint density at radius 2 is 1.49 bits per heavy atom. The third-order valence-electron chi connectivity index (χ3n) is 8.43. The van der Waals surface area contributed by atoms with Crippen molar-refractivity contribution < 1.29 is 35.1 Å². The summed E-state index contributed by atoms with van der Waals surface area (Å²) in [5.41, 5.74) is 6.94. The van der Waals surface area contributed by atoms with E-state index in [2.05, 4.69) is 68.1 Å². The molecule has 1 fully saturated rings. The van der Waals surface area contributed by atoms with Gasteiger partial charge in [0.15, 0.2) is 12.2 Å². The van der Waals surface area contributed by atoms with E-state index in [0.29, 0.717) is 12.0 Å². The van der Waals surface area contributed by atoms with Crippen LogP contribution in [0.5, 0.6) is 0 Å². The van der Waals surface area contributed by atoms with Crippen molar-refractivity contribution in [2.24, 2.45) is 5.41 Å². The average Bonchev–Trinajstić information content (AvgIpc) is 3.01. The number of hydrogen-bond donors (Lipinski definition) is 5. The minimum absolute atomic E-state index is 0.0890. The van der Waals surface area contributed by atoms with Gasteiger partial charge in [0.25, 0.3) is 0 Å². The fraction of sp³-hybridized carbons (Fsp3) is 0.517. The van der Waals surface area contributed by atoms with Crippen molar-refractivity contribution >= 4 is 11.9 Å². The highest BCUT2D eigenvalue weighted by Crippen LogP contribution is 2.51. The number of carboxylic acid groups (broad SMARTS) is 2. The van der Waals surface area contributed by atoms with Crippen molar-refractivity contribution in [3.05, 3.63) is 70.3 Å². The van der Waals surface area contributed by atoms with E-state index >= 15 is 0 Å². The van der Waals surface area contributed by atoms with E-state index in [-0.39, 0.29) is 5.41 Å². The first-order chi connectivity index (χ1) is 17.3. The molecule has 0 amide bonds. The fourth-order valence-corrected chi connectivity index (χ4v) is 6.03. The summed E-state index contributed by atoms with van der Waals surface area (Å²) in [4.78, 5) is 22.2. The number of hydrogen-bond acceptors (Lipinski definition) is 6. The number of rotatable bonds is 3. The summed E-state index contributed by atoms with van der Waals surface area (Å²) < 4.78 is 0. The second kappa shape index (κ2) is 10.2. The molecule has 0 saturated carbocycles. The number of benzene rings is 2. The lowest BCUT2D eigenvalue weighted by molar-refractivity contribution is -0.165. The number of carbonyl (C=O) groups is 2. The average molecular weight is 512 g/mol. The van der Waals surface area contributed by atoms with E-state index < -0.39 is 29.7 Å². The molecule has 8 heteroatoms. The molecule has 0 radical (unpaired) electrons. The number of piperidine rings is 1. The predicted molar refractivity (Wildman–Crippen MR) is 137 cm³/mol. The first kappa shape index (κ1) is 27.3. The number of aliphatic hydroxyl groups is 3. The predicted octanol–water partition coefficient (Wildman–Crippen LogP) is 2.72. The van der Waals surface area contributed by atoms with Gasteiger partial charge in [0.1, 0.15) is 0 Å². The largest absolute Gasteiger partial charge is 0.479 e. The Balaban J connectivity index is 0.000000275. The monoisotopic (exact) mass is 511 g/mol. The Morgan fingerprint density at radius 3 is 2.11 bits per heavy atom. The van der Waals surface area contributed by atoms with Crippen LogP contribution in [0.1, 0.15) is 73.4 Å². The van der Waals surface area contributed by atoms with E-state index in [1.54, 1.807) is 5.56 Å². The maximum atomic E-state index is 11.5. The van der Waals surface area contributed by atoms with E-state index in [0.717, 1.165) is 38.8 Å². The molecule has 5 atom stereocenters. The highest BCUT2D eigenvalue weighted by molar-refractivity contribution is 5.83. The molecule has 5 N–H and O–H groups in total. The van der Waals surface area contributed by atoms with Gasteiger partial charge in [-0.2, -0.15) is 0 Å². The zero-order valence-electron chi connectivity index (χ0n) is 21.6. The lowest BCUT2D eigenvalue weighted by Crippen LogP contribution is -2.55. The first-order valence-electron chi connectivity index (χ1n) is 12.8. The first-order valence-corrected chi connectivity index (χ1v) is 12.8. The van der Waals surface area contributed by atoms with Crippen molar-refractivity contribution in [2.75, 3.05) is 13.1 Å². The molecule has 0 aromatic heterocycles. The molecule has 3 aliphatic rings. The molecule has 5 rings (SSSR count). The van der Waals surface area contributed by atoms with Crippen LogP contribution in [0.15, 0.2) is 42.5 Å². The van der Waals surface area contributed by atoms with Crippen LogP contribution in [0.3, 0.4) is 0 Å². The van der Waals surface area contributed by atoms with Gasteiger partial charge in [0, 0.05) is 25.0 Å². The normalized spacial score (nSPS) is 26.2. The van der Waals surface area contributed by atoms with E-state index in [9.17, 15) is 14.7 Å². The SMILES string of the molecule is CC(C)(C)[C@@]1(O)CCN2C[C@@H]3c4ccccc4CCc4cccc(c43)[C@H]2C1.O=C(O)[C@@H](O)[C@H](O)C(=O)O. The van der Waals surface area contributed by atoms with Gasteiger partial charge in [-0.15, -0.1) is 0 Å². The maximum Gasteiger partial charge on any atom is 0.335 e. The summed E-state index contributed by atoms with van der Waals surface area (Å²) in [6.45, 7) is 8.65. The standard InChI is InChI=1S/C25H31NO.C4H6O6/c1-24(2,3)25(27)13-14-26-16-21-19-9-5-4-7-17(19)11-12-18-8-6-10-20(23(18)21)22(26)15-25;5-1(3(7)8)2(6)4(9)10/h4-10,21-22,27H,11-16H2,1-3H3;1-2,5-6H,(H,7,8)(H,9,10)/t21-,22-,25-;1-,2-/m10/s1. The Labute approximate surface area is 217 Å². The zero-order valence-corrected chi connectivity index (χ0v) is 21.6. The lowest BCUT2D eigenvalue weighted by Gasteiger charge is -2.53. The molecule has 0 spiro atoms. The van der Waals surface area contributed by atoms with E-state index in [4.69, 9.17) is 20.4 Å². The van der Waals surface area contributed by atoms with Gasteiger partial charge >= 0.3 is 11.9 Å². The number of aryl methyl sites for hydroxylation is 2. The maximum absolute atomic E-state index is 11.5. The van der Waals surface area contributed by atoms with Crippen molar-refractivity contribution in [3.8, 4) is 0 Å². The van der Waals surface area contributed by atoms with Crippen molar-refractivity contribution in [1.29, 1.82) is 0 Å². The molecular weight excluding hydrogens is 474 g/mol. The van der Waals surface area contributed by atoms with Gasteiger partial charge in [-0.05, 0) is 58.9 Å². The van der Waals surface area contributed by atoms with Crippen molar-refractivity contribution in [1.82, 2.24) is 4.90 Å². The molecule has 2 aromatic carbocycles. The Morgan fingerprint density at radius 1 is 0.919 bits per heavy atom. The Hall–Kier alpha value is -2.78. The third-order valence-corrected chi connectivity index (χ3v) is 8.43. The summed E-state index contributed by atoms with van der Waals surface area (Å²) in [6, 6.07) is 16.3. The molecule has 2 heterocycles. The molecular formula is C29H37NO7. The molecule has 8 nitrogen and oxygen atoms in total. The van der Waals surface area contributed by atoms with Gasteiger partial charge in [0.2, 0.25) is 0 Å². The number of carboxylic acids is 2. The second-order valence-electron chi connectivity index (χ2n) is 11.5. The third kappa shape index (κ3) is 5.16. The van der Waals surface area contributed by atoms with Gasteiger partial charge in [0.05, 0.1) is 5.60 Å². The van der Waals surface area contributed by atoms with Gasteiger partial charge in [-0.3, -0.25) is 4.90 Å². The van der Waals surface area contributed by atoms with Crippen LogP contribution >= 0.6 is 0 Å². The highest BCUT2D eigenvalue weighted by atomic mass is 16.4. The molecule has 1 aliphatic carbocycles. The zero-order chi connectivity index (χ0) is 27.1. The molecule has 2 aliphatic heterocycles. The van der Waals surface area contributed by atoms with Crippen molar-refractivity contribution in [2.45, 2.75) is 76.2 Å². The van der Waals surface area contributed by atoms with Gasteiger partial charge < -0.3 is 25.5 Å². The summed E-state index contributed by atoms with van der Waals surface area (Å²) in [5.74, 6) is -3.06. The number of aliphatic carboxylic acids is 2. The lowest BCUT2D eigenvalue weighted by atomic mass is 9.66. The molecule has 200 valence electrons. The number of nitrogens with zero attached hydrogens (tertiary/aromatic N) is 1. The minimum atomic E-state index is -2.27. The summed E-state index contributed by atoms with van der Waals surface area (Å²) in [5, 5.41) is 44.0. The molecule has 37 heavy (non-hydrogen) atoms. The molecule has 2 aromatic rings. The number of aliphatic hydroxyl groups excluding tert-OH is 2. The smallest absolute Gasteiger partial charge is 0.335 e. The molecule has 0 unspecified atom stereocenters. The number of fused-ring (bicyclic) bond motifs is 4. The van der Waals surface area contributed by atoms with Crippen LogP contribution in [0.25, 0.3) is 0 Å². The van der Waals surface area contributed by atoms with E-state index in [1.165, 1.54) is 22.3 Å². The topological polar surface area (TPSA) is 139 Å². The van der Waals surface area contributed by atoms with Crippen molar-refractivity contribution in [3.63, 3.8) is 0 Å². The highest BCUT2D eigenvalue weighted by Gasteiger charge is 2.49. The van der Waals surface area contributed by atoms with Crippen LogP contribution in [0.2, 0.25) is 0 Å². The summed E-state index contributed by atoms with van der Waals surface area (Å²) in [7, 11) is 0. The van der Waals surface area contributed by atoms with Crippen LogP contribution < -0.4 is 0 Å². The van der Waals surface area contributed by atoms with E-state index in [1.807, 2.05) is 0 Å². The van der Waals surface area contributed by atoms with Crippen LogP contribution in [-0.2, 0) is 22.4 Å². The summed E-state index contributed by atoms with van der Waals surface area (Å²) in [6.07, 6.45) is -0.542. The Bertz CT molecular complexity index is 1160. The van der Waals surface area contributed by atoms with Gasteiger partial charge in [-0.1, -0.05) is 63.2 Å². The molecule has 1 saturated heterocycles. The van der Waals surface area contributed by atoms with Crippen LogP contribution in [0, 0.1) is 5.41 Å². The van der Waals surface area contributed by atoms with Crippen LogP contribution in [-0.4, -0.2) is 73.3 Å². The minimum Gasteiger partial charge on any atom is -0.479 e. The summed E-state index contributed by atoms with van der Waals surface area (Å²) >= 11 is 0. The quantitative estimate of drug-likeness (QED) is 0.424. The van der Waals surface area contributed by atoms with Gasteiger partial charge in [-0.25, -0.2) is 9.59 Å². The second-order valence-corrected chi connectivity index (χ2v) is 11.5. The molecule has 0 bridgehead atoms. The van der Waals surface area contributed by atoms with Crippen LogP contribution in [0.4, 0.5) is 0 Å². The fourth-order valence-electron chi connectivity index (χ4n) is 6.03.